The summed E-state index contributed by atoms with van der Waals surface area (Å²) in [5.74, 6) is 1.52. The zero-order chi connectivity index (χ0) is 20.2. The molecule has 0 spiro atoms. The molecule has 8 nitrogen and oxygen atoms in total. The smallest absolute Gasteiger partial charge is 0.228 e. The number of nitrogens with zero attached hydrogens (tertiary/aromatic N) is 3. The number of aromatic nitrogens is 3. The average molecular weight is 392 g/mol. The second-order valence-electron chi connectivity index (χ2n) is 6.53. The maximum absolute atomic E-state index is 13.2. The number of anilines is 2. The van der Waals surface area contributed by atoms with Crippen LogP contribution in [0.15, 0.2) is 24.3 Å². The van der Waals surface area contributed by atoms with Crippen LogP contribution in [0.1, 0.15) is 13.8 Å². The monoisotopic (exact) mass is 392 g/mol. The van der Waals surface area contributed by atoms with Gasteiger partial charge >= 0.3 is 0 Å². The Balaban J connectivity index is 1.96. The summed E-state index contributed by atoms with van der Waals surface area (Å²) in [6, 6.07) is 6.05. The van der Waals surface area contributed by atoms with Gasteiger partial charge < -0.3 is 25.8 Å². The van der Waals surface area contributed by atoms with Gasteiger partial charge in [0.25, 0.3) is 0 Å². The largest absolute Gasteiger partial charge is 0.378 e. The molecule has 0 saturated heterocycles. The van der Waals surface area contributed by atoms with Crippen molar-refractivity contribution in [2.75, 3.05) is 56.7 Å². The van der Waals surface area contributed by atoms with Gasteiger partial charge in [-0.25, -0.2) is 4.39 Å². The summed E-state index contributed by atoms with van der Waals surface area (Å²) in [7, 11) is 0. The second kappa shape index (κ2) is 12.2. The summed E-state index contributed by atoms with van der Waals surface area (Å²) in [6.45, 7) is 8.01. The topological polar surface area (TPSA) is 107 Å². The third kappa shape index (κ3) is 8.12. The molecular weight excluding hydrogens is 363 g/mol. The Morgan fingerprint density at radius 3 is 2.21 bits per heavy atom. The number of nitrogens with two attached hydrogens (primary N) is 1. The average Bonchev–Trinajstić information content (AvgIpc) is 2.69. The second-order valence-corrected chi connectivity index (χ2v) is 6.53. The number of ether oxygens (including phenoxy) is 2. The third-order valence-corrected chi connectivity index (χ3v) is 3.57. The summed E-state index contributed by atoms with van der Waals surface area (Å²) < 4.78 is 23.9. The molecule has 9 heteroatoms. The number of benzene rings is 1. The number of hydrogen-bond donors (Lipinski definition) is 3. The standard InChI is InChI=1S/C19H29FN6O2/c1-14(2)13-23-19-25-17(15-3-5-16(20)6-4-15)24-18(26-19)22-8-10-28-12-11-27-9-7-21/h3-6,14H,7-13,21H2,1-2H3,(H2,22,23,24,25,26). The molecule has 0 fully saturated rings. The lowest BCUT2D eigenvalue weighted by Gasteiger charge is -2.12. The van der Waals surface area contributed by atoms with Crippen molar-refractivity contribution in [2.45, 2.75) is 13.8 Å². The minimum atomic E-state index is -0.304. The number of rotatable bonds is 13. The Morgan fingerprint density at radius 2 is 1.57 bits per heavy atom. The van der Waals surface area contributed by atoms with Crippen LogP contribution >= 0.6 is 0 Å². The molecular formula is C19H29FN6O2. The molecule has 0 aliphatic carbocycles. The van der Waals surface area contributed by atoms with Crippen LogP contribution in [0, 0.1) is 11.7 Å². The van der Waals surface area contributed by atoms with E-state index in [-0.39, 0.29) is 5.82 Å². The van der Waals surface area contributed by atoms with Gasteiger partial charge in [-0.3, -0.25) is 0 Å². The Kier molecular flexibility index (Phi) is 9.53. The lowest BCUT2D eigenvalue weighted by Crippen LogP contribution is -2.17. The zero-order valence-corrected chi connectivity index (χ0v) is 16.4. The molecule has 0 bridgehead atoms. The Hall–Kier alpha value is -2.36. The van der Waals surface area contributed by atoms with Crippen molar-refractivity contribution in [3.63, 3.8) is 0 Å². The first-order valence-electron chi connectivity index (χ1n) is 9.43. The van der Waals surface area contributed by atoms with Crippen LogP contribution in [-0.4, -0.2) is 61.0 Å². The van der Waals surface area contributed by atoms with E-state index < -0.39 is 0 Å². The molecule has 28 heavy (non-hydrogen) atoms. The normalized spacial score (nSPS) is 11.0. The van der Waals surface area contributed by atoms with E-state index in [0.29, 0.717) is 68.7 Å². The van der Waals surface area contributed by atoms with Crippen molar-refractivity contribution in [1.82, 2.24) is 15.0 Å². The maximum Gasteiger partial charge on any atom is 0.228 e. The van der Waals surface area contributed by atoms with Crippen LogP contribution in [0.5, 0.6) is 0 Å². The van der Waals surface area contributed by atoms with E-state index in [1.54, 1.807) is 12.1 Å². The third-order valence-electron chi connectivity index (χ3n) is 3.57. The molecule has 2 rings (SSSR count). The van der Waals surface area contributed by atoms with Gasteiger partial charge in [0, 0.05) is 25.2 Å². The van der Waals surface area contributed by atoms with E-state index in [9.17, 15) is 4.39 Å². The van der Waals surface area contributed by atoms with Crippen LogP contribution in [0.3, 0.4) is 0 Å². The molecule has 0 amide bonds. The quantitative estimate of drug-likeness (QED) is 0.445. The van der Waals surface area contributed by atoms with Gasteiger partial charge in [0.1, 0.15) is 5.82 Å². The van der Waals surface area contributed by atoms with Crippen LogP contribution in [0.4, 0.5) is 16.3 Å². The number of halogens is 1. The van der Waals surface area contributed by atoms with Crippen LogP contribution in [0.2, 0.25) is 0 Å². The highest BCUT2D eigenvalue weighted by Crippen LogP contribution is 2.18. The molecule has 1 aromatic carbocycles. The van der Waals surface area contributed by atoms with Gasteiger partial charge in [-0.2, -0.15) is 15.0 Å². The minimum absolute atomic E-state index is 0.304. The molecule has 0 aliphatic heterocycles. The van der Waals surface area contributed by atoms with Crippen molar-refractivity contribution >= 4 is 11.9 Å². The molecule has 0 atom stereocenters. The zero-order valence-electron chi connectivity index (χ0n) is 16.4. The predicted molar refractivity (Wildman–Crippen MR) is 108 cm³/mol. The number of hydrogen-bond acceptors (Lipinski definition) is 8. The predicted octanol–water partition coefficient (Wildman–Crippen LogP) is 2.15. The van der Waals surface area contributed by atoms with Gasteiger partial charge in [0.05, 0.1) is 26.4 Å². The van der Waals surface area contributed by atoms with Crippen LogP contribution in [0.25, 0.3) is 11.4 Å². The summed E-state index contributed by atoms with van der Waals surface area (Å²) in [5, 5.41) is 6.34. The summed E-state index contributed by atoms with van der Waals surface area (Å²) >= 11 is 0. The van der Waals surface area contributed by atoms with Crippen molar-refractivity contribution < 1.29 is 13.9 Å². The van der Waals surface area contributed by atoms with E-state index in [4.69, 9.17) is 15.2 Å². The van der Waals surface area contributed by atoms with E-state index in [0.717, 1.165) is 6.54 Å². The summed E-state index contributed by atoms with van der Waals surface area (Å²) in [6.07, 6.45) is 0. The molecule has 1 aromatic heterocycles. The SMILES string of the molecule is CC(C)CNc1nc(NCCOCCOCCN)nc(-c2ccc(F)cc2)n1. The van der Waals surface area contributed by atoms with Crippen molar-refractivity contribution in [3.05, 3.63) is 30.1 Å². The molecule has 2 aromatic rings. The molecule has 0 aliphatic rings. The van der Waals surface area contributed by atoms with Gasteiger partial charge in [-0.1, -0.05) is 13.8 Å². The Bertz CT molecular complexity index is 699. The Labute approximate surface area is 165 Å². The first-order valence-corrected chi connectivity index (χ1v) is 9.43. The molecule has 4 N–H and O–H groups in total. The maximum atomic E-state index is 13.2. The molecule has 1 heterocycles. The van der Waals surface area contributed by atoms with E-state index in [1.165, 1.54) is 12.1 Å². The van der Waals surface area contributed by atoms with Crippen LogP contribution in [-0.2, 0) is 9.47 Å². The fourth-order valence-corrected chi connectivity index (χ4v) is 2.20. The summed E-state index contributed by atoms with van der Waals surface area (Å²) in [5.41, 5.74) is 6.06. The lowest BCUT2D eigenvalue weighted by molar-refractivity contribution is 0.0547. The highest BCUT2D eigenvalue weighted by atomic mass is 19.1. The first-order chi connectivity index (χ1) is 13.6. The van der Waals surface area contributed by atoms with Gasteiger partial charge in [-0.15, -0.1) is 0 Å². The number of nitrogens with one attached hydrogen (secondary N) is 2. The van der Waals surface area contributed by atoms with Gasteiger partial charge in [0.15, 0.2) is 5.82 Å². The van der Waals surface area contributed by atoms with Gasteiger partial charge in [0.2, 0.25) is 11.9 Å². The first kappa shape index (κ1) is 21.9. The fourth-order valence-electron chi connectivity index (χ4n) is 2.20. The van der Waals surface area contributed by atoms with Crippen molar-refractivity contribution in [1.29, 1.82) is 0 Å². The Morgan fingerprint density at radius 1 is 0.929 bits per heavy atom. The van der Waals surface area contributed by atoms with Crippen molar-refractivity contribution in [2.24, 2.45) is 11.7 Å². The highest BCUT2D eigenvalue weighted by Gasteiger charge is 2.09. The van der Waals surface area contributed by atoms with Gasteiger partial charge in [-0.05, 0) is 30.2 Å². The molecule has 0 radical (unpaired) electrons. The van der Waals surface area contributed by atoms with Crippen molar-refractivity contribution in [3.8, 4) is 11.4 Å². The molecule has 0 saturated carbocycles. The minimum Gasteiger partial charge on any atom is -0.378 e. The van der Waals surface area contributed by atoms with E-state index >= 15 is 0 Å². The summed E-state index contributed by atoms with van der Waals surface area (Å²) in [4.78, 5) is 13.3. The van der Waals surface area contributed by atoms with E-state index in [2.05, 4.69) is 39.4 Å². The fraction of sp³-hybridized carbons (Fsp3) is 0.526. The molecule has 154 valence electrons. The lowest BCUT2D eigenvalue weighted by atomic mass is 10.2. The molecule has 0 unspecified atom stereocenters. The highest BCUT2D eigenvalue weighted by molar-refractivity contribution is 5.57. The van der Waals surface area contributed by atoms with E-state index in [1.807, 2.05) is 0 Å². The van der Waals surface area contributed by atoms with Crippen LogP contribution < -0.4 is 16.4 Å².